The number of aromatic nitrogens is 1. The van der Waals surface area contributed by atoms with Crippen LogP contribution in [-0.4, -0.2) is 11.6 Å². The third-order valence-electron chi connectivity index (χ3n) is 4.79. The minimum absolute atomic E-state index is 0.561. The predicted molar refractivity (Wildman–Crippen MR) is 102 cm³/mol. The fraction of sp³-hybridized carbons (Fsp3) is 0.136. The average Bonchev–Trinajstić information content (AvgIpc) is 2.65. The van der Waals surface area contributed by atoms with Crippen molar-refractivity contribution in [2.24, 2.45) is 4.99 Å². The number of halogens is 3. The summed E-state index contributed by atoms with van der Waals surface area (Å²) in [5, 5.41) is 2.79. The third kappa shape index (κ3) is 2.79. The summed E-state index contributed by atoms with van der Waals surface area (Å²) < 4.78 is 41.3. The Labute approximate surface area is 154 Å². The van der Waals surface area contributed by atoms with Crippen LogP contribution in [0.4, 0.5) is 13.2 Å². The van der Waals surface area contributed by atoms with Crippen molar-refractivity contribution in [3.8, 4) is 5.69 Å². The van der Waals surface area contributed by atoms with Gasteiger partial charge < -0.3 is 4.57 Å². The summed E-state index contributed by atoms with van der Waals surface area (Å²) in [7, 11) is 1.75. The van der Waals surface area contributed by atoms with Gasteiger partial charge in [0.1, 0.15) is 0 Å². The molecule has 0 aliphatic carbocycles. The van der Waals surface area contributed by atoms with Crippen LogP contribution < -0.4 is 5.36 Å². The largest absolute Gasteiger partial charge is 0.416 e. The molecule has 0 unspecified atom stereocenters. The van der Waals surface area contributed by atoms with Crippen molar-refractivity contribution in [3.05, 3.63) is 83.2 Å². The first-order chi connectivity index (χ1) is 12.9. The van der Waals surface area contributed by atoms with Crippen LogP contribution in [0.2, 0.25) is 0 Å². The summed E-state index contributed by atoms with van der Waals surface area (Å²) in [5.41, 5.74) is 2.45. The van der Waals surface area contributed by atoms with Gasteiger partial charge in [-0.25, -0.2) is 0 Å². The molecule has 0 N–H and O–H groups in total. The maximum absolute atomic E-state index is 13.1. The van der Waals surface area contributed by atoms with E-state index >= 15 is 0 Å². The molecule has 4 aromatic rings. The number of para-hydroxylation sites is 2. The number of alkyl halides is 3. The van der Waals surface area contributed by atoms with Crippen LogP contribution in [-0.2, 0) is 6.18 Å². The topological polar surface area (TPSA) is 17.3 Å². The van der Waals surface area contributed by atoms with Crippen LogP contribution in [0.25, 0.3) is 27.5 Å². The van der Waals surface area contributed by atoms with E-state index < -0.39 is 11.7 Å². The number of nitrogens with zero attached hydrogens (tertiary/aromatic N) is 2. The van der Waals surface area contributed by atoms with E-state index in [-0.39, 0.29) is 0 Å². The molecule has 0 radical (unpaired) electrons. The van der Waals surface area contributed by atoms with E-state index in [0.29, 0.717) is 5.56 Å². The van der Waals surface area contributed by atoms with E-state index in [4.69, 9.17) is 0 Å². The highest BCUT2D eigenvalue weighted by Crippen LogP contribution is 2.33. The van der Waals surface area contributed by atoms with E-state index in [1.54, 1.807) is 20.0 Å². The SMILES string of the molecule is CN=c1c2ccccc2n(-c2ccc(C(F)(F)F)cc2C)c2ccccc12. The Kier molecular flexibility index (Phi) is 4.02. The van der Waals surface area contributed by atoms with Crippen molar-refractivity contribution < 1.29 is 13.2 Å². The molecular weight excluding hydrogens is 349 g/mol. The van der Waals surface area contributed by atoms with E-state index in [1.165, 1.54) is 6.07 Å². The molecule has 0 aliphatic rings. The van der Waals surface area contributed by atoms with Crippen LogP contribution in [0.5, 0.6) is 0 Å². The summed E-state index contributed by atoms with van der Waals surface area (Å²) in [6.07, 6.45) is -4.36. The van der Waals surface area contributed by atoms with E-state index in [0.717, 1.165) is 38.9 Å². The molecule has 4 rings (SSSR count). The van der Waals surface area contributed by atoms with Crippen molar-refractivity contribution in [3.63, 3.8) is 0 Å². The summed E-state index contributed by atoms with van der Waals surface area (Å²) >= 11 is 0. The maximum Gasteiger partial charge on any atom is 0.416 e. The zero-order valence-electron chi connectivity index (χ0n) is 14.9. The van der Waals surface area contributed by atoms with Crippen molar-refractivity contribution >= 4 is 21.8 Å². The molecule has 1 heterocycles. The number of aryl methyl sites for hydroxylation is 1. The lowest BCUT2D eigenvalue weighted by molar-refractivity contribution is -0.137. The van der Waals surface area contributed by atoms with Crippen LogP contribution in [0.1, 0.15) is 11.1 Å². The highest BCUT2D eigenvalue weighted by Gasteiger charge is 2.30. The summed E-state index contributed by atoms with van der Waals surface area (Å²) in [5.74, 6) is 0. The molecule has 0 bridgehead atoms. The lowest BCUT2D eigenvalue weighted by Crippen LogP contribution is -2.13. The highest BCUT2D eigenvalue weighted by molar-refractivity contribution is 5.95. The zero-order valence-corrected chi connectivity index (χ0v) is 14.9. The minimum Gasteiger partial charge on any atom is -0.309 e. The quantitative estimate of drug-likeness (QED) is 0.388. The molecule has 2 nitrogen and oxygen atoms in total. The maximum atomic E-state index is 13.1. The Hall–Kier alpha value is -3.08. The first kappa shape index (κ1) is 17.3. The first-order valence-electron chi connectivity index (χ1n) is 8.55. The van der Waals surface area contributed by atoms with Gasteiger partial charge >= 0.3 is 6.18 Å². The molecule has 0 saturated heterocycles. The molecule has 0 amide bonds. The van der Waals surface area contributed by atoms with Crippen LogP contribution >= 0.6 is 0 Å². The van der Waals surface area contributed by atoms with E-state index in [1.807, 2.05) is 53.1 Å². The van der Waals surface area contributed by atoms with Crippen LogP contribution in [0.15, 0.2) is 71.7 Å². The third-order valence-corrected chi connectivity index (χ3v) is 4.79. The van der Waals surface area contributed by atoms with Gasteiger partial charge in [-0.2, -0.15) is 13.2 Å². The number of benzene rings is 3. The van der Waals surface area contributed by atoms with Crippen molar-refractivity contribution in [1.29, 1.82) is 0 Å². The number of fused-ring (bicyclic) bond motifs is 2. The lowest BCUT2D eigenvalue weighted by Gasteiger charge is -2.19. The van der Waals surface area contributed by atoms with Crippen molar-refractivity contribution in [1.82, 2.24) is 4.57 Å². The van der Waals surface area contributed by atoms with Gasteiger partial charge in [0.25, 0.3) is 0 Å². The van der Waals surface area contributed by atoms with E-state index in [2.05, 4.69) is 4.99 Å². The molecule has 0 aliphatic heterocycles. The molecule has 5 heteroatoms. The van der Waals surface area contributed by atoms with Gasteiger partial charge in [-0.3, -0.25) is 4.99 Å². The fourth-order valence-electron chi connectivity index (χ4n) is 3.60. The van der Waals surface area contributed by atoms with Gasteiger partial charge in [-0.15, -0.1) is 0 Å². The summed E-state index contributed by atoms with van der Waals surface area (Å²) in [6, 6.07) is 19.5. The van der Waals surface area contributed by atoms with Gasteiger partial charge in [0.05, 0.1) is 22.0 Å². The molecule has 1 aromatic heterocycles. The molecule has 0 spiro atoms. The molecule has 27 heavy (non-hydrogen) atoms. The molecular formula is C22H17F3N2. The second kappa shape index (κ2) is 6.27. The first-order valence-corrected chi connectivity index (χ1v) is 8.55. The summed E-state index contributed by atoms with van der Waals surface area (Å²) in [4.78, 5) is 4.47. The average molecular weight is 366 g/mol. The molecule has 136 valence electrons. The Morgan fingerprint density at radius 2 is 1.37 bits per heavy atom. The van der Waals surface area contributed by atoms with Gasteiger partial charge in [-0.05, 0) is 42.8 Å². The molecule has 3 aromatic carbocycles. The fourth-order valence-corrected chi connectivity index (χ4v) is 3.60. The Bertz CT molecular complexity index is 1170. The van der Waals surface area contributed by atoms with Gasteiger partial charge in [0.15, 0.2) is 0 Å². The van der Waals surface area contributed by atoms with E-state index in [9.17, 15) is 13.2 Å². The number of pyridine rings is 1. The van der Waals surface area contributed by atoms with Crippen LogP contribution in [0.3, 0.4) is 0 Å². The zero-order chi connectivity index (χ0) is 19.2. The number of rotatable bonds is 1. The Morgan fingerprint density at radius 3 is 1.85 bits per heavy atom. The predicted octanol–water partition coefficient (Wildman–Crippen LogP) is 5.64. The molecule has 0 atom stereocenters. The van der Waals surface area contributed by atoms with Crippen molar-refractivity contribution in [2.45, 2.75) is 13.1 Å². The van der Waals surface area contributed by atoms with Gasteiger partial charge in [-0.1, -0.05) is 36.4 Å². The Balaban J connectivity index is 2.17. The monoisotopic (exact) mass is 366 g/mol. The minimum atomic E-state index is -4.36. The van der Waals surface area contributed by atoms with Gasteiger partial charge in [0.2, 0.25) is 0 Å². The number of hydrogen-bond donors (Lipinski definition) is 0. The Morgan fingerprint density at radius 1 is 0.815 bits per heavy atom. The normalized spacial score (nSPS) is 11.9. The summed E-state index contributed by atoms with van der Waals surface area (Å²) in [6.45, 7) is 1.71. The molecule has 0 fully saturated rings. The smallest absolute Gasteiger partial charge is 0.309 e. The number of hydrogen-bond acceptors (Lipinski definition) is 1. The molecule has 0 saturated carbocycles. The highest BCUT2D eigenvalue weighted by atomic mass is 19.4. The van der Waals surface area contributed by atoms with Gasteiger partial charge in [0, 0.05) is 23.5 Å². The standard InChI is InChI=1S/C22H17F3N2/c1-14-13-15(22(23,24)25)11-12-18(14)27-19-9-5-3-7-16(19)21(26-2)17-8-4-6-10-20(17)27/h3-13H,1-2H3. The lowest BCUT2D eigenvalue weighted by atomic mass is 10.1. The second-order valence-electron chi connectivity index (χ2n) is 6.44. The van der Waals surface area contributed by atoms with Crippen molar-refractivity contribution in [2.75, 3.05) is 7.05 Å². The van der Waals surface area contributed by atoms with Crippen LogP contribution in [0, 0.1) is 6.92 Å². The second-order valence-corrected chi connectivity index (χ2v) is 6.44.